The zero-order chi connectivity index (χ0) is 12.0. The Kier molecular flexibility index (Phi) is 4.74. The third-order valence-electron chi connectivity index (χ3n) is 2.35. The number of aromatic nitrogens is 1. The average molecular weight is 222 g/mol. The molecule has 1 heterocycles. The van der Waals surface area contributed by atoms with Crippen molar-refractivity contribution >= 4 is 5.82 Å². The second-order valence-electron chi connectivity index (χ2n) is 5.16. The fourth-order valence-corrected chi connectivity index (χ4v) is 1.23. The van der Waals surface area contributed by atoms with Crippen LogP contribution in [0, 0.1) is 5.41 Å². The molecule has 1 aromatic rings. The van der Waals surface area contributed by atoms with Crippen LogP contribution in [0.25, 0.3) is 0 Å². The second kappa shape index (κ2) is 5.85. The lowest BCUT2D eigenvalue weighted by molar-refractivity contribution is 0.0961. The van der Waals surface area contributed by atoms with E-state index in [9.17, 15) is 0 Å². The van der Waals surface area contributed by atoms with Crippen LogP contribution in [0.5, 0.6) is 0 Å². The lowest BCUT2D eigenvalue weighted by atomic mass is 9.93. The highest BCUT2D eigenvalue weighted by atomic mass is 16.5. The Morgan fingerprint density at radius 2 is 2.06 bits per heavy atom. The van der Waals surface area contributed by atoms with Gasteiger partial charge in [0.1, 0.15) is 5.82 Å². The van der Waals surface area contributed by atoms with Gasteiger partial charge in [0.2, 0.25) is 0 Å². The van der Waals surface area contributed by atoms with Crippen molar-refractivity contribution in [3.05, 3.63) is 23.9 Å². The maximum absolute atomic E-state index is 5.61. The zero-order valence-corrected chi connectivity index (χ0v) is 10.7. The smallest absolute Gasteiger partial charge is 0.125 e. The molecule has 0 bridgehead atoms. The van der Waals surface area contributed by atoms with Gasteiger partial charge in [-0.15, -0.1) is 0 Å². The molecule has 0 aromatic carbocycles. The number of anilines is 1. The molecular weight excluding hydrogens is 200 g/mol. The summed E-state index contributed by atoms with van der Waals surface area (Å²) in [6, 6.07) is 4.00. The summed E-state index contributed by atoms with van der Waals surface area (Å²) in [6.45, 7) is 8.11. The number of hydrogen-bond acceptors (Lipinski definition) is 3. The number of nitrogens with zero attached hydrogens (tertiary/aromatic N) is 1. The highest BCUT2D eigenvalue weighted by molar-refractivity contribution is 5.34. The van der Waals surface area contributed by atoms with Gasteiger partial charge in [0, 0.05) is 19.9 Å². The van der Waals surface area contributed by atoms with Gasteiger partial charge in [0.15, 0.2) is 0 Å². The highest BCUT2D eigenvalue weighted by Gasteiger charge is 2.09. The van der Waals surface area contributed by atoms with E-state index in [-0.39, 0.29) is 0 Å². The van der Waals surface area contributed by atoms with Crippen molar-refractivity contribution < 1.29 is 4.74 Å². The van der Waals surface area contributed by atoms with E-state index in [2.05, 4.69) is 31.1 Å². The Balaban J connectivity index is 2.27. The summed E-state index contributed by atoms with van der Waals surface area (Å²) in [7, 11) is 1.86. The van der Waals surface area contributed by atoms with E-state index >= 15 is 0 Å². The van der Waals surface area contributed by atoms with E-state index in [1.54, 1.807) is 0 Å². The van der Waals surface area contributed by atoms with Gasteiger partial charge in [-0.25, -0.2) is 4.98 Å². The molecule has 1 N–H and O–H groups in total. The maximum atomic E-state index is 5.61. The molecule has 1 aromatic heterocycles. The Bertz CT molecular complexity index is 301. The van der Waals surface area contributed by atoms with Crippen LogP contribution in [0.2, 0.25) is 0 Å². The first-order valence-corrected chi connectivity index (χ1v) is 5.72. The van der Waals surface area contributed by atoms with E-state index in [0.29, 0.717) is 12.0 Å². The van der Waals surface area contributed by atoms with Crippen LogP contribution in [-0.4, -0.2) is 18.6 Å². The molecule has 0 aliphatic rings. The molecule has 0 amide bonds. The minimum atomic E-state index is 0.342. The topological polar surface area (TPSA) is 34.1 Å². The highest BCUT2D eigenvalue weighted by Crippen LogP contribution is 2.18. The molecule has 1 rings (SSSR count). The summed E-state index contributed by atoms with van der Waals surface area (Å²) in [5, 5.41) is 2.99. The predicted octanol–water partition coefficient (Wildman–Crippen LogP) is 3.08. The van der Waals surface area contributed by atoms with Crippen LogP contribution in [0.4, 0.5) is 5.82 Å². The standard InChI is InChI=1S/C13H22N2O/c1-13(2,3)7-8-16-10-11-5-6-12(14-4)15-9-11/h5-6,9H,7-8,10H2,1-4H3,(H,14,15). The largest absolute Gasteiger partial charge is 0.377 e. The first kappa shape index (κ1) is 13.0. The summed E-state index contributed by atoms with van der Waals surface area (Å²) in [5.74, 6) is 0.887. The fraction of sp³-hybridized carbons (Fsp3) is 0.615. The molecule has 0 atom stereocenters. The number of rotatable bonds is 5. The van der Waals surface area contributed by atoms with E-state index in [1.165, 1.54) is 0 Å². The monoisotopic (exact) mass is 222 g/mol. The van der Waals surface area contributed by atoms with Crippen LogP contribution in [0.3, 0.4) is 0 Å². The van der Waals surface area contributed by atoms with Crippen LogP contribution in [-0.2, 0) is 11.3 Å². The number of hydrogen-bond donors (Lipinski definition) is 1. The van der Waals surface area contributed by atoms with Gasteiger partial charge in [0.25, 0.3) is 0 Å². The molecule has 16 heavy (non-hydrogen) atoms. The van der Waals surface area contributed by atoms with Gasteiger partial charge in [-0.05, 0) is 23.5 Å². The van der Waals surface area contributed by atoms with Crippen LogP contribution in [0.1, 0.15) is 32.8 Å². The Hall–Kier alpha value is -1.09. The molecule has 0 unspecified atom stereocenters. The molecular formula is C13H22N2O. The third-order valence-corrected chi connectivity index (χ3v) is 2.35. The van der Waals surface area contributed by atoms with Crippen molar-refractivity contribution in [2.24, 2.45) is 5.41 Å². The van der Waals surface area contributed by atoms with Crippen LogP contribution >= 0.6 is 0 Å². The van der Waals surface area contributed by atoms with Gasteiger partial charge < -0.3 is 10.1 Å². The van der Waals surface area contributed by atoms with Crippen molar-refractivity contribution in [2.75, 3.05) is 19.0 Å². The van der Waals surface area contributed by atoms with Gasteiger partial charge >= 0.3 is 0 Å². The van der Waals surface area contributed by atoms with E-state index in [0.717, 1.165) is 24.4 Å². The van der Waals surface area contributed by atoms with Crippen LogP contribution < -0.4 is 5.32 Å². The van der Waals surface area contributed by atoms with Crippen molar-refractivity contribution in [3.8, 4) is 0 Å². The van der Waals surface area contributed by atoms with Crippen molar-refractivity contribution in [2.45, 2.75) is 33.8 Å². The minimum absolute atomic E-state index is 0.342. The first-order valence-electron chi connectivity index (χ1n) is 5.72. The quantitative estimate of drug-likeness (QED) is 0.777. The predicted molar refractivity (Wildman–Crippen MR) is 67.5 cm³/mol. The molecule has 3 heteroatoms. The summed E-state index contributed by atoms with van der Waals surface area (Å²) < 4.78 is 5.61. The van der Waals surface area contributed by atoms with Crippen LogP contribution in [0.15, 0.2) is 18.3 Å². The van der Waals surface area contributed by atoms with Crippen molar-refractivity contribution in [3.63, 3.8) is 0 Å². The normalized spacial score (nSPS) is 11.5. The van der Waals surface area contributed by atoms with E-state index in [4.69, 9.17) is 4.74 Å². The van der Waals surface area contributed by atoms with E-state index < -0.39 is 0 Å². The number of ether oxygens (including phenoxy) is 1. The molecule has 3 nitrogen and oxygen atoms in total. The van der Waals surface area contributed by atoms with Crippen molar-refractivity contribution in [1.29, 1.82) is 0 Å². The van der Waals surface area contributed by atoms with Gasteiger partial charge in [-0.3, -0.25) is 0 Å². The summed E-state index contributed by atoms with van der Waals surface area (Å²) in [4.78, 5) is 4.23. The number of nitrogens with one attached hydrogen (secondary N) is 1. The Morgan fingerprint density at radius 1 is 1.31 bits per heavy atom. The lowest BCUT2D eigenvalue weighted by Crippen LogP contribution is -2.09. The second-order valence-corrected chi connectivity index (χ2v) is 5.16. The summed E-state index contributed by atoms with van der Waals surface area (Å²) in [6.07, 6.45) is 2.93. The molecule has 0 saturated carbocycles. The molecule has 0 radical (unpaired) electrons. The Labute approximate surface area is 98.2 Å². The molecule has 0 aliphatic carbocycles. The minimum Gasteiger partial charge on any atom is -0.377 e. The van der Waals surface area contributed by atoms with Gasteiger partial charge in [-0.2, -0.15) is 0 Å². The number of pyridine rings is 1. The molecule has 90 valence electrons. The molecule has 0 aliphatic heterocycles. The Morgan fingerprint density at radius 3 is 2.56 bits per heavy atom. The zero-order valence-electron chi connectivity index (χ0n) is 10.7. The first-order chi connectivity index (χ1) is 7.51. The molecule has 0 fully saturated rings. The third kappa shape index (κ3) is 5.12. The SMILES string of the molecule is CNc1ccc(COCCC(C)(C)C)cn1. The van der Waals surface area contributed by atoms with Gasteiger partial charge in [-0.1, -0.05) is 26.8 Å². The van der Waals surface area contributed by atoms with Gasteiger partial charge in [0.05, 0.1) is 6.61 Å². The molecule has 0 spiro atoms. The summed E-state index contributed by atoms with van der Waals surface area (Å²) in [5.41, 5.74) is 1.46. The van der Waals surface area contributed by atoms with E-state index in [1.807, 2.05) is 25.4 Å². The fourth-order valence-electron chi connectivity index (χ4n) is 1.23. The molecule has 0 saturated heterocycles. The lowest BCUT2D eigenvalue weighted by Gasteiger charge is -2.17. The summed E-state index contributed by atoms with van der Waals surface area (Å²) >= 11 is 0. The average Bonchev–Trinajstić information content (AvgIpc) is 2.24. The van der Waals surface area contributed by atoms with Crippen molar-refractivity contribution in [1.82, 2.24) is 4.98 Å². The maximum Gasteiger partial charge on any atom is 0.125 e.